The lowest BCUT2D eigenvalue weighted by Gasteiger charge is -2.10. The maximum atomic E-state index is 4.50. The van der Waals surface area contributed by atoms with E-state index in [0.717, 1.165) is 30.0 Å². The Kier molecular flexibility index (Phi) is 3.34. The molecule has 0 bridgehead atoms. The lowest BCUT2D eigenvalue weighted by Crippen LogP contribution is -2.10. The largest absolute Gasteiger partial charge is 0.370 e. The van der Waals surface area contributed by atoms with E-state index in [1.807, 2.05) is 25.3 Å². The van der Waals surface area contributed by atoms with Crippen LogP contribution < -0.4 is 5.32 Å². The second-order valence-electron chi connectivity index (χ2n) is 5.42. The van der Waals surface area contributed by atoms with Gasteiger partial charge in [-0.25, -0.2) is 4.98 Å². The number of para-hydroxylation sites is 1. The molecule has 6 nitrogen and oxygen atoms in total. The molecule has 4 rings (SSSR count). The smallest absolute Gasteiger partial charge is 0.254 e. The van der Waals surface area contributed by atoms with Crippen LogP contribution in [-0.4, -0.2) is 31.1 Å². The molecule has 6 heteroatoms. The van der Waals surface area contributed by atoms with Gasteiger partial charge in [0.25, 0.3) is 5.78 Å². The van der Waals surface area contributed by atoms with Crippen LogP contribution in [0, 0.1) is 6.92 Å². The van der Waals surface area contributed by atoms with Crippen molar-refractivity contribution in [2.75, 3.05) is 11.9 Å². The highest BCUT2D eigenvalue weighted by Crippen LogP contribution is 2.17. The third-order valence-corrected chi connectivity index (χ3v) is 3.80. The predicted octanol–water partition coefficient (Wildman–Crippen LogP) is 2.64. The first-order valence-electron chi connectivity index (χ1n) is 7.55. The molecule has 0 aliphatic heterocycles. The second-order valence-corrected chi connectivity index (χ2v) is 5.42. The average Bonchev–Trinajstić information content (AvgIpc) is 3.03. The summed E-state index contributed by atoms with van der Waals surface area (Å²) < 4.78 is 1.72. The van der Waals surface area contributed by atoms with Crippen molar-refractivity contribution in [3.8, 4) is 0 Å². The first kappa shape index (κ1) is 13.6. The van der Waals surface area contributed by atoms with E-state index in [4.69, 9.17) is 0 Å². The van der Waals surface area contributed by atoms with E-state index in [1.165, 1.54) is 17.3 Å². The number of fused-ring (bicyclic) bond motifs is 2. The van der Waals surface area contributed by atoms with Crippen molar-refractivity contribution in [3.63, 3.8) is 0 Å². The van der Waals surface area contributed by atoms with Gasteiger partial charge in [0, 0.05) is 29.9 Å². The van der Waals surface area contributed by atoms with Crippen LogP contribution in [0.2, 0.25) is 0 Å². The summed E-state index contributed by atoms with van der Waals surface area (Å²) in [5.74, 6) is 1.51. The number of hydrogen-bond acceptors (Lipinski definition) is 5. The van der Waals surface area contributed by atoms with Crippen molar-refractivity contribution < 1.29 is 0 Å². The van der Waals surface area contributed by atoms with Crippen LogP contribution in [0.15, 0.2) is 48.9 Å². The maximum absolute atomic E-state index is 4.50. The number of anilines is 1. The number of aromatic nitrogens is 5. The summed E-state index contributed by atoms with van der Waals surface area (Å²) in [6.45, 7) is 2.74. The van der Waals surface area contributed by atoms with Gasteiger partial charge in [-0.05, 0) is 25.0 Å². The number of benzene rings is 1. The number of nitrogens with zero attached hydrogens (tertiary/aromatic N) is 5. The van der Waals surface area contributed by atoms with Crippen molar-refractivity contribution in [3.05, 3.63) is 60.2 Å². The van der Waals surface area contributed by atoms with Gasteiger partial charge in [0.2, 0.25) is 0 Å². The molecule has 0 saturated heterocycles. The van der Waals surface area contributed by atoms with Gasteiger partial charge in [-0.2, -0.15) is 14.6 Å². The summed E-state index contributed by atoms with van der Waals surface area (Å²) >= 11 is 0. The van der Waals surface area contributed by atoms with Crippen LogP contribution >= 0.6 is 0 Å². The van der Waals surface area contributed by atoms with Crippen LogP contribution in [0.3, 0.4) is 0 Å². The maximum Gasteiger partial charge on any atom is 0.254 e. The molecule has 0 saturated carbocycles. The number of hydrogen-bond donors (Lipinski definition) is 1. The van der Waals surface area contributed by atoms with E-state index in [9.17, 15) is 0 Å². The molecule has 3 aromatic heterocycles. The Morgan fingerprint density at radius 3 is 3.00 bits per heavy atom. The normalized spacial score (nSPS) is 11.2. The van der Waals surface area contributed by atoms with Crippen molar-refractivity contribution in [1.29, 1.82) is 0 Å². The third-order valence-electron chi connectivity index (χ3n) is 3.80. The molecule has 0 spiro atoms. The molecule has 114 valence electrons. The minimum absolute atomic E-state index is 0.610. The Bertz CT molecular complexity index is 970. The molecule has 1 N–H and O–H groups in total. The Hall–Kier alpha value is -3.02. The summed E-state index contributed by atoms with van der Waals surface area (Å²) in [5, 5.41) is 8.79. The highest BCUT2D eigenvalue weighted by Gasteiger charge is 2.06. The number of pyridine rings is 1. The average molecular weight is 304 g/mol. The van der Waals surface area contributed by atoms with E-state index in [1.54, 1.807) is 4.52 Å². The van der Waals surface area contributed by atoms with Crippen molar-refractivity contribution in [2.24, 2.45) is 0 Å². The Labute approximate surface area is 133 Å². The molecule has 1 aromatic carbocycles. The quantitative estimate of drug-likeness (QED) is 0.628. The first-order valence-corrected chi connectivity index (χ1v) is 7.55. The fourth-order valence-corrected chi connectivity index (χ4v) is 2.75. The minimum atomic E-state index is 0.610. The number of nitrogens with one attached hydrogen (secondary N) is 1. The third kappa shape index (κ3) is 2.59. The second kappa shape index (κ2) is 5.64. The molecule has 0 radical (unpaired) electrons. The van der Waals surface area contributed by atoms with Gasteiger partial charge in [0.1, 0.15) is 12.1 Å². The van der Waals surface area contributed by atoms with E-state index < -0.39 is 0 Å². The standard InChI is InChI=1S/C17H16N6/c1-12-10-15(23-17(22-12)20-11-21-23)18-9-7-14-5-2-4-13-6-3-8-19-16(13)14/h2-6,8,10-11,18H,7,9H2,1H3. The van der Waals surface area contributed by atoms with Gasteiger partial charge < -0.3 is 5.32 Å². The zero-order chi connectivity index (χ0) is 15.6. The van der Waals surface area contributed by atoms with E-state index in [2.05, 4.69) is 49.6 Å². The zero-order valence-electron chi connectivity index (χ0n) is 12.8. The lowest BCUT2D eigenvalue weighted by atomic mass is 10.1. The van der Waals surface area contributed by atoms with Crippen molar-refractivity contribution in [2.45, 2.75) is 13.3 Å². The molecule has 3 heterocycles. The summed E-state index contributed by atoms with van der Waals surface area (Å²) in [6.07, 6.45) is 4.23. The molecule has 0 amide bonds. The molecule has 0 aliphatic rings. The zero-order valence-corrected chi connectivity index (χ0v) is 12.8. The topological polar surface area (TPSA) is 68.0 Å². The van der Waals surface area contributed by atoms with Gasteiger partial charge in [0.05, 0.1) is 5.52 Å². The van der Waals surface area contributed by atoms with Crippen LogP contribution in [-0.2, 0) is 6.42 Å². The Balaban J connectivity index is 1.56. The minimum Gasteiger partial charge on any atom is -0.370 e. The van der Waals surface area contributed by atoms with Gasteiger partial charge in [-0.15, -0.1) is 0 Å². The highest BCUT2D eigenvalue weighted by atomic mass is 15.3. The predicted molar refractivity (Wildman–Crippen MR) is 89.5 cm³/mol. The number of aryl methyl sites for hydroxylation is 1. The van der Waals surface area contributed by atoms with Crippen molar-refractivity contribution in [1.82, 2.24) is 24.6 Å². The van der Waals surface area contributed by atoms with Gasteiger partial charge in [-0.1, -0.05) is 24.3 Å². The van der Waals surface area contributed by atoms with E-state index in [-0.39, 0.29) is 0 Å². The van der Waals surface area contributed by atoms with E-state index in [0.29, 0.717) is 5.78 Å². The molecule has 23 heavy (non-hydrogen) atoms. The van der Waals surface area contributed by atoms with Gasteiger partial charge in [-0.3, -0.25) is 4.98 Å². The summed E-state index contributed by atoms with van der Waals surface area (Å²) in [7, 11) is 0. The van der Waals surface area contributed by atoms with Gasteiger partial charge in [0.15, 0.2) is 0 Å². The van der Waals surface area contributed by atoms with Gasteiger partial charge >= 0.3 is 0 Å². The molecule has 0 unspecified atom stereocenters. The summed E-state index contributed by atoms with van der Waals surface area (Å²) in [4.78, 5) is 13.0. The molecular weight excluding hydrogens is 288 g/mol. The Morgan fingerprint density at radius 2 is 2.04 bits per heavy atom. The number of rotatable bonds is 4. The van der Waals surface area contributed by atoms with Crippen LogP contribution in [0.5, 0.6) is 0 Å². The molecule has 4 aromatic rings. The molecule has 0 atom stereocenters. The SMILES string of the molecule is Cc1cc(NCCc2cccc3cccnc23)n2ncnc2n1. The summed E-state index contributed by atoms with van der Waals surface area (Å²) in [5.41, 5.74) is 3.21. The van der Waals surface area contributed by atoms with E-state index >= 15 is 0 Å². The van der Waals surface area contributed by atoms with Crippen molar-refractivity contribution >= 4 is 22.5 Å². The fourth-order valence-electron chi connectivity index (χ4n) is 2.75. The first-order chi connectivity index (χ1) is 11.3. The lowest BCUT2D eigenvalue weighted by molar-refractivity contribution is 0.906. The molecule has 0 aliphatic carbocycles. The monoisotopic (exact) mass is 304 g/mol. The molecule has 0 fully saturated rings. The van der Waals surface area contributed by atoms with Crippen LogP contribution in [0.25, 0.3) is 16.7 Å². The highest BCUT2D eigenvalue weighted by molar-refractivity contribution is 5.81. The van der Waals surface area contributed by atoms with Crippen LogP contribution in [0.1, 0.15) is 11.3 Å². The fraction of sp³-hybridized carbons (Fsp3) is 0.176. The molecular formula is C17H16N6. The summed E-state index contributed by atoms with van der Waals surface area (Å²) in [6, 6.07) is 12.3. The van der Waals surface area contributed by atoms with Crippen LogP contribution in [0.4, 0.5) is 5.82 Å². The Morgan fingerprint density at radius 1 is 1.13 bits per heavy atom.